The smallest absolute Gasteiger partial charge is 0.0205 e. The predicted octanol–water partition coefficient (Wildman–Crippen LogP) is 2.17. The fourth-order valence-electron chi connectivity index (χ4n) is 2.04. The van der Waals surface area contributed by atoms with Crippen LogP contribution in [0.5, 0.6) is 0 Å². The number of rotatable bonds is 8. The molecular formula is C13H24N2. The molecule has 0 amide bonds. The minimum atomic E-state index is 0.808. The maximum absolute atomic E-state index is 4.18. The molecule has 0 atom stereocenters. The molecule has 0 aromatic carbocycles. The lowest BCUT2D eigenvalue weighted by molar-refractivity contribution is 0.284. The molecule has 0 radical (unpaired) electrons. The highest BCUT2D eigenvalue weighted by Crippen LogP contribution is 2.27. The van der Waals surface area contributed by atoms with Crippen molar-refractivity contribution in [2.45, 2.75) is 51.1 Å². The number of hydrogen-bond donors (Lipinski definition) is 1. The van der Waals surface area contributed by atoms with E-state index in [4.69, 9.17) is 0 Å². The third-order valence-electron chi connectivity index (χ3n) is 3.22. The molecule has 0 unspecified atom stereocenters. The van der Waals surface area contributed by atoms with Gasteiger partial charge >= 0.3 is 0 Å². The molecule has 2 aliphatic carbocycles. The molecule has 0 bridgehead atoms. The highest BCUT2D eigenvalue weighted by atomic mass is 15.2. The third-order valence-corrected chi connectivity index (χ3v) is 3.22. The van der Waals surface area contributed by atoms with Crippen LogP contribution >= 0.6 is 0 Å². The second-order valence-corrected chi connectivity index (χ2v) is 5.11. The molecule has 0 spiro atoms. The first-order valence-corrected chi connectivity index (χ1v) is 6.43. The average Bonchev–Trinajstić information content (AvgIpc) is 3.05. The largest absolute Gasteiger partial charge is 0.310 e. The first-order valence-electron chi connectivity index (χ1n) is 6.43. The van der Waals surface area contributed by atoms with E-state index in [1.54, 1.807) is 0 Å². The SMILES string of the molecule is C=C(CNC1CC1)CN(CCC)C1CC1. The number of nitrogens with zero attached hydrogens (tertiary/aromatic N) is 1. The molecule has 2 fully saturated rings. The van der Waals surface area contributed by atoms with Gasteiger partial charge in [0.05, 0.1) is 0 Å². The van der Waals surface area contributed by atoms with Crippen molar-refractivity contribution in [1.29, 1.82) is 0 Å². The van der Waals surface area contributed by atoms with Crippen molar-refractivity contribution in [2.24, 2.45) is 0 Å². The Morgan fingerprint density at radius 2 is 2.07 bits per heavy atom. The second-order valence-electron chi connectivity index (χ2n) is 5.11. The lowest BCUT2D eigenvalue weighted by Crippen LogP contribution is -2.32. The van der Waals surface area contributed by atoms with Gasteiger partial charge in [0.2, 0.25) is 0 Å². The van der Waals surface area contributed by atoms with E-state index in [0.717, 1.165) is 25.2 Å². The van der Waals surface area contributed by atoms with Crippen LogP contribution in [0.2, 0.25) is 0 Å². The lowest BCUT2D eigenvalue weighted by atomic mass is 10.2. The molecular weight excluding hydrogens is 184 g/mol. The maximum atomic E-state index is 4.18. The third kappa shape index (κ3) is 3.96. The molecule has 0 heterocycles. The predicted molar refractivity (Wildman–Crippen MR) is 65.1 cm³/mol. The monoisotopic (exact) mass is 208 g/mol. The molecule has 0 aliphatic heterocycles. The van der Waals surface area contributed by atoms with Crippen molar-refractivity contribution >= 4 is 0 Å². The van der Waals surface area contributed by atoms with Gasteiger partial charge in [-0.2, -0.15) is 0 Å². The van der Waals surface area contributed by atoms with Crippen molar-refractivity contribution in [3.8, 4) is 0 Å². The van der Waals surface area contributed by atoms with Gasteiger partial charge in [-0.05, 0) is 44.2 Å². The molecule has 2 rings (SSSR count). The molecule has 2 heteroatoms. The molecule has 2 aliphatic rings. The Morgan fingerprint density at radius 1 is 1.33 bits per heavy atom. The Hall–Kier alpha value is -0.340. The summed E-state index contributed by atoms with van der Waals surface area (Å²) in [5, 5.41) is 3.54. The van der Waals surface area contributed by atoms with Gasteiger partial charge in [-0.3, -0.25) is 4.90 Å². The van der Waals surface area contributed by atoms with Crippen molar-refractivity contribution in [1.82, 2.24) is 10.2 Å². The quantitative estimate of drug-likeness (QED) is 0.615. The Balaban J connectivity index is 1.64. The topological polar surface area (TPSA) is 15.3 Å². The summed E-state index contributed by atoms with van der Waals surface area (Å²) in [6, 6.07) is 1.69. The normalized spacial score (nSPS) is 20.9. The van der Waals surface area contributed by atoms with Gasteiger partial charge in [-0.1, -0.05) is 13.5 Å². The summed E-state index contributed by atoms with van der Waals surface area (Å²) in [5.74, 6) is 0. The fraction of sp³-hybridized carbons (Fsp3) is 0.846. The van der Waals surface area contributed by atoms with Crippen molar-refractivity contribution in [2.75, 3.05) is 19.6 Å². The summed E-state index contributed by atoms with van der Waals surface area (Å²) < 4.78 is 0. The summed E-state index contributed by atoms with van der Waals surface area (Å²) in [7, 11) is 0. The maximum Gasteiger partial charge on any atom is 0.0205 e. The standard InChI is InChI=1S/C13H24N2/c1-3-8-15(13-6-7-13)10-11(2)9-14-12-4-5-12/h12-14H,2-10H2,1H3. The van der Waals surface area contributed by atoms with Crippen LogP contribution in [0.25, 0.3) is 0 Å². The summed E-state index contributed by atoms with van der Waals surface area (Å²) in [6.45, 7) is 9.82. The summed E-state index contributed by atoms with van der Waals surface area (Å²) in [4.78, 5) is 2.61. The molecule has 2 nitrogen and oxygen atoms in total. The zero-order valence-electron chi connectivity index (χ0n) is 9.97. The van der Waals surface area contributed by atoms with E-state index >= 15 is 0 Å². The van der Waals surface area contributed by atoms with Crippen LogP contribution in [0.4, 0.5) is 0 Å². The Bertz CT molecular complexity index is 217. The van der Waals surface area contributed by atoms with Gasteiger partial charge in [0.25, 0.3) is 0 Å². The molecule has 2 saturated carbocycles. The molecule has 86 valence electrons. The average molecular weight is 208 g/mol. The van der Waals surface area contributed by atoms with Crippen molar-refractivity contribution in [3.63, 3.8) is 0 Å². The van der Waals surface area contributed by atoms with E-state index in [9.17, 15) is 0 Å². The van der Waals surface area contributed by atoms with Crippen LogP contribution in [0.1, 0.15) is 39.0 Å². The number of nitrogens with one attached hydrogen (secondary N) is 1. The zero-order chi connectivity index (χ0) is 10.7. The van der Waals surface area contributed by atoms with E-state index in [0.29, 0.717) is 0 Å². The Labute approximate surface area is 93.7 Å². The van der Waals surface area contributed by atoms with E-state index in [2.05, 4.69) is 23.7 Å². The van der Waals surface area contributed by atoms with Gasteiger partial charge in [0, 0.05) is 25.2 Å². The fourth-order valence-corrected chi connectivity index (χ4v) is 2.04. The summed E-state index contributed by atoms with van der Waals surface area (Å²) in [5.41, 5.74) is 1.36. The molecule has 0 saturated heterocycles. The minimum absolute atomic E-state index is 0.808. The van der Waals surface area contributed by atoms with E-state index in [1.165, 1.54) is 44.2 Å². The second kappa shape index (κ2) is 5.13. The first kappa shape index (κ1) is 11.2. The van der Waals surface area contributed by atoms with Gasteiger partial charge in [0.1, 0.15) is 0 Å². The van der Waals surface area contributed by atoms with E-state index < -0.39 is 0 Å². The van der Waals surface area contributed by atoms with Crippen LogP contribution in [0.15, 0.2) is 12.2 Å². The van der Waals surface area contributed by atoms with Crippen molar-refractivity contribution < 1.29 is 0 Å². The molecule has 15 heavy (non-hydrogen) atoms. The Kier molecular flexibility index (Phi) is 3.81. The molecule has 0 aromatic heterocycles. The van der Waals surface area contributed by atoms with Crippen LogP contribution in [-0.4, -0.2) is 36.6 Å². The van der Waals surface area contributed by atoms with Gasteiger partial charge in [-0.25, -0.2) is 0 Å². The van der Waals surface area contributed by atoms with Gasteiger partial charge in [0.15, 0.2) is 0 Å². The van der Waals surface area contributed by atoms with E-state index in [1.807, 2.05) is 0 Å². The van der Waals surface area contributed by atoms with Gasteiger partial charge in [-0.15, -0.1) is 0 Å². The van der Waals surface area contributed by atoms with Gasteiger partial charge < -0.3 is 5.32 Å². The number of hydrogen-bond acceptors (Lipinski definition) is 2. The highest BCUT2D eigenvalue weighted by Gasteiger charge is 2.28. The molecule has 0 aromatic rings. The van der Waals surface area contributed by atoms with Crippen LogP contribution < -0.4 is 5.32 Å². The minimum Gasteiger partial charge on any atom is -0.310 e. The highest BCUT2D eigenvalue weighted by molar-refractivity contribution is 5.03. The van der Waals surface area contributed by atoms with E-state index in [-0.39, 0.29) is 0 Å². The zero-order valence-corrected chi connectivity index (χ0v) is 9.97. The molecule has 1 N–H and O–H groups in total. The van der Waals surface area contributed by atoms with Crippen LogP contribution in [0, 0.1) is 0 Å². The lowest BCUT2D eigenvalue weighted by Gasteiger charge is -2.22. The Morgan fingerprint density at radius 3 is 2.60 bits per heavy atom. The van der Waals surface area contributed by atoms with Crippen molar-refractivity contribution in [3.05, 3.63) is 12.2 Å². The summed E-state index contributed by atoms with van der Waals surface area (Å²) in [6.07, 6.45) is 6.82. The first-order chi connectivity index (χ1) is 7.29. The van der Waals surface area contributed by atoms with Crippen LogP contribution in [0.3, 0.4) is 0 Å². The van der Waals surface area contributed by atoms with Crippen LogP contribution in [-0.2, 0) is 0 Å². The summed E-state index contributed by atoms with van der Waals surface area (Å²) >= 11 is 0.